The van der Waals surface area contributed by atoms with Crippen LogP contribution in [-0.4, -0.2) is 15.0 Å². The van der Waals surface area contributed by atoms with E-state index in [4.69, 9.17) is 19.4 Å². The number of rotatable bonds is 5. The third-order valence-electron chi connectivity index (χ3n) is 9.83. The number of hydrogen-bond donors (Lipinski definition) is 0. The molecule has 1 aliphatic rings. The Morgan fingerprint density at radius 1 is 0.380 bits per heavy atom. The van der Waals surface area contributed by atoms with Gasteiger partial charge in [0.25, 0.3) is 0 Å². The van der Waals surface area contributed by atoms with Gasteiger partial charge in [-0.3, -0.25) is 0 Å². The summed E-state index contributed by atoms with van der Waals surface area (Å²) in [5.74, 6) is 1.91. The van der Waals surface area contributed by atoms with Crippen molar-refractivity contribution in [2.45, 2.75) is 5.92 Å². The summed E-state index contributed by atoms with van der Waals surface area (Å²) in [5, 5.41) is 2.16. The number of hydrogen-bond acceptors (Lipinski definition) is 4. The summed E-state index contributed by atoms with van der Waals surface area (Å²) in [4.78, 5) is 14.8. The van der Waals surface area contributed by atoms with Crippen LogP contribution >= 0.6 is 0 Å². The highest BCUT2D eigenvalue weighted by molar-refractivity contribution is 6.07. The van der Waals surface area contributed by atoms with Gasteiger partial charge in [-0.1, -0.05) is 158 Å². The zero-order valence-corrected chi connectivity index (χ0v) is 27.0. The van der Waals surface area contributed by atoms with Gasteiger partial charge in [0.2, 0.25) is 0 Å². The number of nitrogens with zero attached hydrogens (tertiary/aromatic N) is 3. The molecule has 2 aromatic heterocycles. The van der Waals surface area contributed by atoms with E-state index in [1.807, 2.05) is 60.7 Å². The second kappa shape index (κ2) is 11.5. The van der Waals surface area contributed by atoms with Gasteiger partial charge >= 0.3 is 0 Å². The fourth-order valence-corrected chi connectivity index (χ4v) is 7.57. The number of fused-ring (bicyclic) bond motifs is 6. The molecule has 0 amide bonds. The first-order valence-corrected chi connectivity index (χ1v) is 16.9. The third kappa shape index (κ3) is 4.57. The molecule has 4 heteroatoms. The van der Waals surface area contributed by atoms with Crippen LogP contribution in [0.4, 0.5) is 0 Å². The molecule has 9 aromatic rings. The smallest absolute Gasteiger partial charge is 0.164 e. The van der Waals surface area contributed by atoms with Crippen molar-refractivity contribution in [1.82, 2.24) is 15.0 Å². The molecule has 50 heavy (non-hydrogen) atoms. The monoisotopic (exact) mass is 639 g/mol. The van der Waals surface area contributed by atoms with Gasteiger partial charge in [0.1, 0.15) is 11.2 Å². The van der Waals surface area contributed by atoms with Crippen LogP contribution < -0.4 is 0 Å². The number of para-hydroxylation sites is 1. The fraction of sp³-hybridized carbons (Fsp3) is 0.0217. The van der Waals surface area contributed by atoms with E-state index in [2.05, 4.69) is 109 Å². The molecule has 0 fully saturated rings. The lowest BCUT2D eigenvalue weighted by Crippen LogP contribution is -2.00. The van der Waals surface area contributed by atoms with Crippen LogP contribution in [0.1, 0.15) is 22.6 Å². The van der Waals surface area contributed by atoms with E-state index in [9.17, 15) is 0 Å². The highest BCUT2D eigenvalue weighted by Crippen LogP contribution is 2.53. The van der Waals surface area contributed by atoms with Gasteiger partial charge in [0.05, 0.1) is 0 Å². The molecule has 0 saturated carbocycles. The number of furan rings is 1. The number of benzene rings is 7. The van der Waals surface area contributed by atoms with Gasteiger partial charge in [-0.25, -0.2) is 15.0 Å². The Labute approximate surface area is 289 Å². The first-order valence-electron chi connectivity index (χ1n) is 16.9. The minimum absolute atomic E-state index is 0.0407. The zero-order chi connectivity index (χ0) is 33.0. The molecule has 1 atom stereocenters. The summed E-state index contributed by atoms with van der Waals surface area (Å²) in [7, 11) is 0. The summed E-state index contributed by atoms with van der Waals surface area (Å²) in [6.45, 7) is 0. The van der Waals surface area contributed by atoms with Crippen LogP contribution in [0.25, 0.3) is 78.4 Å². The quantitative estimate of drug-likeness (QED) is 0.188. The van der Waals surface area contributed by atoms with Crippen molar-refractivity contribution in [3.8, 4) is 56.4 Å². The van der Waals surface area contributed by atoms with Crippen molar-refractivity contribution in [3.05, 3.63) is 187 Å². The van der Waals surface area contributed by atoms with Gasteiger partial charge in [0.15, 0.2) is 17.5 Å². The standard InChI is InChI=1S/C46H29N3O/c1-4-14-29(15-5-1)33-22-12-24-38-41(33)35-20-10-11-21-36(35)42(38)39-25-13-23-37-34-27-26-32(28-40(34)50-43(37)39)46-48-44(30-16-6-2-7-17-30)47-45(49-46)31-18-8-3-9-19-31/h1-28,42H. The Morgan fingerprint density at radius 2 is 0.920 bits per heavy atom. The summed E-state index contributed by atoms with van der Waals surface area (Å²) < 4.78 is 6.86. The van der Waals surface area contributed by atoms with Gasteiger partial charge < -0.3 is 4.42 Å². The van der Waals surface area contributed by atoms with E-state index in [0.29, 0.717) is 17.5 Å². The van der Waals surface area contributed by atoms with E-state index in [1.165, 1.54) is 33.4 Å². The Hall–Kier alpha value is -6.65. The second-order valence-electron chi connectivity index (χ2n) is 12.7. The van der Waals surface area contributed by atoms with Crippen LogP contribution in [0.2, 0.25) is 0 Å². The SMILES string of the molecule is c1ccc(-c2nc(-c3ccccc3)nc(-c3ccc4c(c3)oc3c(C5c6ccccc6-c6c(-c7ccccc7)cccc65)cccc34)n2)cc1. The summed E-state index contributed by atoms with van der Waals surface area (Å²) in [5.41, 5.74) is 13.3. The van der Waals surface area contributed by atoms with Gasteiger partial charge in [-0.05, 0) is 45.5 Å². The summed E-state index contributed by atoms with van der Waals surface area (Å²) in [6.07, 6.45) is 0. The average molecular weight is 640 g/mol. The first kappa shape index (κ1) is 28.4. The van der Waals surface area contributed by atoms with Crippen molar-refractivity contribution < 1.29 is 4.42 Å². The molecule has 234 valence electrons. The predicted molar refractivity (Wildman–Crippen MR) is 202 cm³/mol. The molecular weight excluding hydrogens is 611 g/mol. The van der Waals surface area contributed by atoms with E-state index in [-0.39, 0.29) is 5.92 Å². The lowest BCUT2D eigenvalue weighted by atomic mass is 9.87. The van der Waals surface area contributed by atoms with Crippen LogP contribution in [0, 0.1) is 0 Å². The van der Waals surface area contributed by atoms with Gasteiger partial charge in [-0.15, -0.1) is 0 Å². The highest BCUT2D eigenvalue weighted by Gasteiger charge is 2.33. The molecular formula is C46H29N3O. The molecule has 0 bridgehead atoms. The summed E-state index contributed by atoms with van der Waals surface area (Å²) in [6, 6.07) is 59.2. The normalized spacial score (nSPS) is 13.4. The minimum Gasteiger partial charge on any atom is -0.456 e. The molecule has 7 aromatic carbocycles. The minimum atomic E-state index is 0.0407. The molecule has 1 aliphatic carbocycles. The van der Waals surface area contributed by atoms with Crippen molar-refractivity contribution in [2.75, 3.05) is 0 Å². The van der Waals surface area contributed by atoms with E-state index >= 15 is 0 Å². The maximum Gasteiger partial charge on any atom is 0.164 e. The number of aromatic nitrogens is 3. The molecule has 0 radical (unpaired) electrons. The molecule has 0 aliphatic heterocycles. The van der Waals surface area contributed by atoms with E-state index in [1.54, 1.807) is 0 Å². The van der Waals surface area contributed by atoms with Crippen molar-refractivity contribution in [3.63, 3.8) is 0 Å². The van der Waals surface area contributed by atoms with Gasteiger partial charge in [0, 0.05) is 38.9 Å². The van der Waals surface area contributed by atoms with Gasteiger partial charge in [-0.2, -0.15) is 0 Å². The summed E-state index contributed by atoms with van der Waals surface area (Å²) >= 11 is 0. The van der Waals surface area contributed by atoms with Crippen LogP contribution in [0.3, 0.4) is 0 Å². The molecule has 0 spiro atoms. The Bertz CT molecular complexity index is 2640. The Balaban J connectivity index is 1.14. The molecule has 4 nitrogen and oxygen atoms in total. The fourth-order valence-electron chi connectivity index (χ4n) is 7.57. The zero-order valence-electron chi connectivity index (χ0n) is 27.0. The third-order valence-corrected chi connectivity index (χ3v) is 9.83. The Kier molecular flexibility index (Phi) is 6.53. The van der Waals surface area contributed by atoms with E-state index < -0.39 is 0 Å². The first-order chi connectivity index (χ1) is 24.8. The van der Waals surface area contributed by atoms with E-state index in [0.717, 1.165) is 44.2 Å². The molecule has 0 saturated heterocycles. The topological polar surface area (TPSA) is 51.8 Å². The lowest BCUT2D eigenvalue weighted by Gasteiger charge is -2.15. The maximum atomic E-state index is 6.86. The highest BCUT2D eigenvalue weighted by atomic mass is 16.3. The second-order valence-corrected chi connectivity index (χ2v) is 12.7. The molecule has 1 unspecified atom stereocenters. The van der Waals surface area contributed by atoms with Crippen LogP contribution in [0.5, 0.6) is 0 Å². The average Bonchev–Trinajstić information content (AvgIpc) is 3.74. The molecule has 0 N–H and O–H groups in total. The molecule has 10 rings (SSSR count). The maximum absolute atomic E-state index is 6.86. The van der Waals surface area contributed by atoms with Crippen LogP contribution in [-0.2, 0) is 0 Å². The molecule has 2 heterocycles. The largest absolute Gasteiger partial charge is 0.456 e. The lowest BCUT2D eigenvalue weighted by molar-refractivity contribution is 0.661. The van der Waals surface area contributed by atoms with Crippen molar-refractivity contribution in [1.29, 1.82) is 0 Å². The van der Waals surface area contributed by atoms with Crippen molar-refractivity contribution >= 4 is 21.9 Å². The predicted octanol–water partition coefficient (Wildman–Crippen LogP) is 11.6. The Morgan fingerprint density at radius 3 is 1.62 bits per heavy atom. The van der Waals surface area contributed by atoms with Crippen molar-refractivity contribution in [2.24, 2.45) is 0 Å². The van der Waals surface area contributed by atoms with Crippen LogP contribution in [0.15, 0.2) is 174 Å².